The molecule has 1 aromatic heterocycles. The predicted molar refractivity (Wildman–Crippen MR) is 161 cm³/mol. The smallest absolute Gasteiger partial charge is 0.339 e. The first-order valence-electron chi connectivity index (χ1n) is 12.5. The SMILES string of the molecule is COc1ccc(CN(Cc2ccc(OC)cc2)c2nc(Br)c[n+](N)c2N)cc1.Cc1cc(C)c(S(=O)(=O)[O-])c(C)c1. The number of nitrogens with zero attached hydrogens (tertiary/aromatic N) is 3. The molecule has 0 amide bonds. The topological polar surface area (TPSA) is 148 Å². The minimum atomic E-state index is -4.33. The lowest BCUT2D eigenvalue weighted by Gasteiger charge is -2.24. The van der Waals surface area contributed by atoms with Gasteiger partial charge in [-0.25, -0.2) is 13.4 Å². The predicted octanol–water partition coefficient (Wildman–Crippen LogP) is 4.17. The van der Waals surface area contributed by atoms with Gasteiger partial charge < -0.3 is 18.9 Å². The minimum absolute atomic E-state index is 0.0851. The molecule has 0 spiro atoms. The van der Waals surface area contributed by atoms with E-state index in [2.05, 4.69) is 25.8 Å². The monoisotopic (exact) mass is 643 g/mol. The Labute approximate surface area is 249 Å². The van der Waals surface area contributed by atoms with E-state index in [9.17, 15) is 13.0 Å². The molecule has 0 saturated heterocycles. The average Bonchev–Trinajstić information content (AvgIpc) is 2.90. The Morgan fingerprint density at radius 1 is 0.902 bits per heavy atom. The number of ether oxygens (including phenoxy) is 2. The second-order valence-electron chi connectivity index (χ2n) is 9.41. The highest BCUT2D eigenvalue weighted by atomic mass is 79.9. The molecule has 0 atom stereocenters. The van der Waals surface area contributed by atoms with Gasteiger partial charge in [0.1, 0.15) is 26.2 Å². The molecule has 0 fully saturated rings. The van der Waals surface area contributed by atoms with Crippen LogP contribution in [0.5, 0.6) is 11.5 Å². The zero-order chi connectivity index (χ0) is 30.3. The third-order valence-corrected chi connectivity index (χ3v) is 7.71. The van der Waals surface area contributed by atoms with Crippen LogP contribution in [0.15, 0.2) is 76.4 Å². The molecule has 0 bridgehead atoms. The molecule has 41 heavy (non-hydrogen) atoms. The number of methoxy groups -OCH3 is 2. The first-order chi connectivity index (χ1) is 19.3. The van der Waals surface area contributed by atoms with Gasteiger partial charge in [0.05, 0.1) is 19.1 Å². The number of hydrogen-bond donors (Lipinski definition) is 2. The molecule has 1 heterocycles. The van der Waals surface area contributed by atoms with Crippen molar-refractivity contribution in [3.05, 3.63) is 99.3 Å². The van der Waals surface area contributed by atoms with E-state index in [1.54, 1.807) is 46.4 Å². The van der Waals surface area contributed by atoms with E-state index in [-0.39, 0.29) is 4.90 Å². The summed E-state index contributed by atoms with van der Waals surface area (Å²) in [5, 5.41) is 0. The van der Waals surface area contributed by atoms with Crippen LogP contribution >= 0.6 is 15.9 Å². The quantitative estimate of drug-likeness (QED) is 0.164. The Balaban J connectivity index is 0.000000298. The van der Waals surface area contributed by atoms with Gasteiger partial charge in [0, 0.05) is 13.1 Å². The summed E-state index contributed by atoms with van der Waals surface area (Å²) >= 11 is 3.40. The molecule has 12 heteroatoms. The Kier molecular flexibility index (Phi) is 10.5. The van der Waals surface area contributed by atoms with Gasteiger partial charge in [-0.05, 0) is 83.2 Å². The summed E-state index contributed by atoms with van der Waals surface area (Å²) in [6.45, 7) is 6.32. The third-order valence-electron chi connectivity index (χ3n) is 6.18. The standard InChI is InChI=1S/C20H22BrN5O2.C9H12O3S/c1-27-16-7-3-14(4-8-16)11-25(12-15-5-9-17(28-2)10-6-15)20-19(22)26(23)13-18(21)24-20;1-6-4-7(2)9(8(3)5-6)13(10,11)12/h3-10,13,22H,11-12,23H2,1-2H3;4-5H,1-3H3,(H,10,11,12). The van der Waals surface area contributed by atoms with Crippen molar-refractivity contribution in [2.45, 2.75) is 38.8 Å². The number of aryl methyl sites for hydroxylation is 3. The number of anilines is 2. The number of rotatable bonds is 8. The van der Waals surface area contributed by atoms with Crippen molar-refractivity contribution in [2.75, 3.05) is 30.7 Å². The van der Waals surface area contributed by atoms with Crippen LogP contribution in [0.1, 0.15) is 27.8 Å². The van der Waals surface area contributed by atoms with E-state index in [4.69, 9.17) is 21.1 Å². The highest BCUT2D eigenvalue weighted by Gasteiger charge is 2.21. The molecule has 4 aromatic rings. The second-order valence-corrected chi connectivity index (χ2v) is 11.5. The molecule has 0 aliphatic rings. The van der Waals surface area contributed by atoms with Crippen LogP contribution in [0.2, 0.25) is 0 Å². The van der Waals surface area contributed by atoms with Crippen LogP contribution in [0.4, 0.5) is 11.6 Å². The molecule has 0 saturated carbocycles. The van der Waals surface area contributed by atoms with E-state index in [0.717, 1.165) is 28.2 Å². The Morgan fingerprint density at radius 2 is 1.34 bits per heavy atom. The van der Waals surface area contributed by atoms with Gasteiger partial charge in [-0.2, -0.15) is 0 Å². The fourth-order valence-electron chi connectivity index (χ4n) is 4.39. The molecule has 218 valence electrons. The summed E-state index contributed by atoms with van der Waals surface area (Å²) in [5.41, 5.74) is 10.4. The van der Waals surface area contributed by atoms with Crippen molar-refractivity contribution < 1.29 is 27.1 Å². The van der Waals surface area contributed by atoms with Gasteiger partial charge in [-0.1, -0.05) is 42.0 Å². The largest absolute Gasteiger partial charge is 0.744 e. The van der Waals surface area contributed by atoms with Gasteiger partial charge in [-0.3, -0.25) is 11.6 Å². The molecule has 4 N–H and O–H groups in total. The number of benzene rings is 3. The summed E-state index contributed by atoms with van der Waals surface area (Å²) in [6.07, 6.45) is 1.62. The lowest BCUT2D eigenvalue weighted by Crippen LogP contribution is -2.48. The van der Waals surface area contributed by atoms with Gasteiger partial charge in [0.2, 0.25) is 5.82 Å². The van der Waals surface area contributed by atoms with E-state index in [0.29, 0.717) is 40.5 Å². The average molecular weight is 645 g/mol. The lowest BCUT2D eigenvalue weighted by atomic mass is 10.1. The maximum Gasteiger partial charge on any atom is 0.339 e. The molecule has 0 radical (unpaired) electrons. The van der Waals surface area contributed by atoms with Gasteiger partial charge in [0.25, 0.3) is 0 Å². The van der Waals surface area contributed by atoms with Crippen molar-refractivity contribution in [1.29, 1.82) is 0 Å². The Bertz CT molecular complexity index is 1530. The zero-order valence-corrected chi connectivity index (χ0v) is 26.0. The molecule has 4 rings (SSSR count). The lowest BCUT2D eigenvalue weighted by molar-refractivity contribution is -0.624. The molecule has 0 unspecified atom stereocenters. The number of nitrogen functional groups attached to an aromatic ring is 2. The Hall–Kier alpha value is -3.87. The van der Waals surface area contributed by atoms with Crippen LogP contribution < -0.4 is 30.6 Å². The molecule has 0 aliphatic carbocycles. The van der Waals surface area contributed by atoms with Crippen molar-refractivity contribution >= 4 is 37.7 Å². The van der Waals surface area contributed by atoms with Crippen LogP contribution in [0.25, 0.3) is 0 Å². The fraction of sp³-hybridized carbons (Fsp3) is 0.241. The maximum absolute atomic E-state index is 10.8. The van der Waals surface area contributed by atoms with Crippen LogP contribution in [0.3, 0.4) is 0 Å². The molecule has 10 nitrogen and oxygen atoms in total. The van der Waals surface area contributed by atoms with E-state index in [1.165, 1.54) is 4.68 Å². The van der Waals surface area contributed by atoms with Crippen molar-refractivity contribution in [3.63, 3.8) is 0 Å². The van der Waals surface area contributed by atoms with Crippen LogP contribution in [-0.2, 0) is 23.2 Å². The first-order valence-corrected chi connectivity index (χ1v) is 14.7. The first kappa shape index (κ1) is 31.7. The van der Waals surface area contributed by atoms with Gasteiger partial charge in [-0.15, -0.1) is 4.68 Å². The summed E-state index contributed by atoms with van der Waals surface area (Å²) in [7, 11) is -1.03. The Morgan fingerprint density at radius 3 is 1.73 bits per heavy atom. The zero-order valence-electron chi connectivity index (χ0n) is 23.6. The van der Waals surface area contributed by atoms with Gasteiger partial charge >= 0.3 is 5.82 Å². The summed E-state index contributed by atoms with van der Waals surface area (Å²) < 4.78 is 44.9. The maximum atomic E-state index is 10.8. The molecular formula is C29H34BrN5O5S. The number of aromatic nitrogens is 2. The summed E-state index contributed by atoms with van der Waals surface area (Å²) in [4.78, 5) is 6.55. The normalized spacial score (nSPS) is 10.9. The fourth-order valence-corrected chi connectivity index (χ4v) is 5.68. The second kappa shape index (κ2) is 13.7. The van der Waals surface area contributed by atoms with E-state index in [1.807, 2.05) is 55.5 Å². The summed E-state index contributed by atoms with van der Waals surface area (Å²) in [6, 6.07) is 19.2. The molecule has 3 aromatic carbocycles. The molecule has 0 aliphatic heterocycles. The van der Waals surface area contributed by atoms with Crippen molar-refractivity contribution in [2.24, 2.45) is 0 Å². The number of hydrogen-bond acceptors (Lipinski definition) is 9. The van der Waals surface area contributed by atoms with Crippen molar-refractivity contribution in [3.8, 4) is 11.5 Å². The minimum Gasteiger partial charge on any atom is -0.744 e. The summed E-state index contributed by atoms with van der Waals surface area (Å²) in [5.74, 6) is 8.59. The van der Waals surface area contributed by atoms with Crippen molar-refractivity contribution in [1.82, 2.24) is 4.98 Å². The van der Waals surface area contributed by atoms with E-state index >= 15 is 0 Å². The number of nitrogens with two attached hydrogens (primary N) is 2. The highest BCUT2D eigenvalue weighted by molar-refractivity contribution is 9.10. The van der Waals surface area contributed by atoms with E-state index < -0.39 is 10.1 Å². The van der Waals surface area contributed by atoms with Crippen LogP contribution in [-0.4, -0.2) is 32.2 Å². The van der Waals surface area contributed by atoms with Gasteiger partial charge in [0.15, 0.2) is 6.20 Å². The third kappa shape index (κ3) is 8.56. The number of halogens is 1. The van der Waals surface area contributed by atoms with Crippen LogP contribution in [0, 0.1) is 20.8 Å². The highest BCUT2D eigenvalue weighted by Crippen LogP contribution is 2.25. The molecular weight excluding hydrogens is 610 g/mol.